The molecule has 0 saturated heterocycles. The Labute approximate surface area is 187 Å². The number of nitrogens with zero attached hydrogens (tertiary/aromatic N) is 3. The van der Waals surface area contributed by atoms with Crippen LogP contribution < -0.4 is 16.0 Å². The maximum absolute atomic E-state index is 14.8. The molecule has 2 unspecified atom stereocenters. The molecule has 2 aromatic heterocycles. The zero-order valence-corrected chi connectivity index (χ0v) is 18.8. The molecule has 1 aliphatic rings. The number of hydrogen-bond acceptors (Lipinski definition) is 7. The van der Waals surface area contributed by atoms with Gasteiger partial charge in [-0.2, -0.15) is 5.26 Å². The largest absolute Gasteiger partial charge is 0.444 e. The summed E-state index contributed by atoms with van der Waals surface area (Å²) in [6.07, 6.45) is 6.20. The average molecular weight is 441 g/mol. The van der Waals surface area contributed by atoms with Crippen molar-refractivity contribution in [2.45, 2.75) is 71.1 Å². The average Bonchev–Trinajstić information content (AvgIpc) is 2.70. The maximum atomic E-state index is 14.8. The Kier molecular flexibility index (Phi) is 7.13. The van der Waals surface area contributed by atoms with Crippen LogP contribution in [-0.2, 0) is 4.74 Å². The first-order valence-corrected chi connectivity index (χ1v) is 10.7. The predicted octanol–water partition coefficient (Wildman–Crippen LogP) is 4.79. The lowest BCUT2D eigenvalue weighted by Gasteiger charge is -2.33. The summed E-state index contributed by atoms with van der Waals surface area (Å²) in [6, 6.07) is 4.53. The van der Waals surface area contributed by atoms with Crippen molar-refractivity contribution in [2.24, 2.45) is 0 Å². The molecule has 2 aromatic rings. The first-order valence-electron chi connectivity index (χ1n) is 10.7. The lowest BCUT2D eigenvalue weighted by Crippen LogP contribution is -2.50. The highest BCUT2D eigenvalue weighted by Gasteiger charge is 2.29. The Bertz CT molecular complexity index is 1010. The Morgan fingerprint density at radius 2 is 1.91 bits per heavy atom. The van der Waals surface area contributed by atoms with E-state index in [4.69, 9.17) is 4.74 Å². The molecule has 3 rings (SSSR count). The van der Waals surface area contributed by atoms with E-state index in [0.717, 1.165) is 37.3 Å². The first kappa shape index (κ1) is 23.3. The Hall–Kier alpha value is -3.41. The fourth-order valence-corrected chi connectivity index (χ4v) is 3.64. The Balaban J connectivity index is 1.80. The number of ether oxygens (including phenoxy) is 1. The van der Waals surface area contributed by atoms with Gasteiger partial charge in [-0.1, -0.05) is 12.8 Å². The molecule has 1 fully saturated rings. The van der Waals surface area contributed by atoms with Crippen molar-refractivity contribution in [3.8, 4) is 6.07 Å². The van der Waals surface area contributed by atoms with E-state index in [1.807, 2.05) is 19.1 Å². The summed E-state index contributed by atoms with van der Waals surface area (Å²) >= 11 is 0. The van der Waals surface area contributed by atoms with Gasteiger partial charge < -0.3 is 20.7 Å². The van der Waals surface area contributed by atoms with Gasteiger partial charge in [-0.05, 0) is 58.2 Å². The van der Waals surface area contributed by atoms with E-state index < -0.39 is 17.5 Å². The monoisotopic (exact) mass is 440 g/mol. The molecular weight excluding hydrogens is 411 g/mol. The molecule has 1 aliphatic carbocycles. The van der Waals surface area contributed by atoms with E-state index in [2.05, 4.69) is 25.9 Å². The number of aryl methyl sites for hydroxylation is 1. The number of anilines is 3. The quantitative estimate of drug-likeness (QED) is 0.613. The second kappa shape index (κ2) is 9.81. The zero-order chi connectivity index (χ0) is 23.3. The molecule has 0 bridgehead atoms. The van der Waals surface area contributed by atoms with Crippen LogP contribution in [0, 0.1) is 24.1 Å². The molecule has 0 aliphatic heterocycles. The lowest BCUT2D eigenvalue weighted by molar-refractivity contribution is 0.0488. The van der Waals surface area contributed by atoms with E-state index in [0.29, 0.717) is 5.69 Å². The minimum Gasteiger partial charge on any atom is -0.444 e. The van der Waals surface area contributed by atoms with Crippen LogP contribution in [0.25, 0.3) is 0 Å². The summed E-state index contributed by atoms with van der Waals surface area (Å²) < 4.78 is 20.1. The maximum Gasteiger partial charge on any atom is 0.407 e. The van der Waals surface area contributed by atoms with Crippen LogP contribution in [0.15, 0.2) is 24.5 Å². The predicted molar refractivity (Wildman–Crippen MR) is 120 cm³/mol. The summed E-state index contributed by atoms with van der Waals surface area (Å²) in [5.74, 6) is -0.373. The molecule has 170 valence electrons. The Morgan fingerprint density at radius 3 is 2.56 bits per heavy atom. The van der Waals surface area contributed by atoms with Crippen molar-refractivity contribution in [1.29, 1.82) is 5.26 Å². The number of rotatable bonds is 5. The highest BCUT2D eigenvalue weighted by atomic mass is 19.1. The van der Waals surface area contributed by atoms with E-state index in [1.165, 1.54) is 0 Å². The number of hydrogen-bond donors (Lipinski definition) is 3. The fourth-order valence-electron chi connectivity index (χ4n) is 3.64. The summed E-state index contributed by atoms with van der Waals surface area (Å²) in [7, 11) is 0. The molecule has 32 heavy (non-hydrogen) atoms. The van der Waals surface area contributed by atoms with Gasteiger partial charge in [-0.25, -0.2) is 14.2 Å². The number of carbonyl (C=O) groups excluding carboxylic acids is 1. The van der Waals surface area contributed by atoms with Crippen molar-refractivity contribution in [1.82, 2.24) is 15.3 Å². The van der Waals surface area contributed by atoms with Gasteiger partial charge in [0.25, 0.3) is 0 Å². The first-order chi connectivity index (χ1) is 15.1. The molecule has 8 nitrogen and oxygen atoms in total. The minimum atomic E-state index is -0.629. The van der Waals surface area contributed by atoms with Gasteiger partial charge in [-0.3, -0.25) is 4.98 Å². The number of carbonyl (C=O) groups is 1. The number of pyridine rings is 2. The van der Waals surface area contributed by atoms with Crippen LogP contribution in [0.4, 0.5) is 26.5 Å². The van der Waals surface area contributed by atoms with Crippen molar-refractivity contribution in [2.75, 3.05) is 10.6 Å². The molecule has 0 spiro atoms. The smallest absolute Gasteiger partial charge is 0.407 e. The van der Waals surface area contributed by atoms with Crippen molar-refractivity contribution >= 4 is 23.4 Å². The van der Waals surface area contributed by atoms with E-state index in [-0.39, 0.29) is 29.3 Å². The van der Waals surface area contributed by atoms with E-state index in [1.54, 1.807) is 33.2 Å². The van der Waals surface area contributed by atoms with Crippen LogP contribution in [0.3, 0.4) is 0 Å². The molecule has 2 atom stereocenters. The van der Waals surface area contributed by atoms with Crippen LogP contribution in [-0.4, -0.2) is 33.7 Å². The number of aromatic nitrogens is 2. The summed E-state index contributed by atoms with van der Waals surface area (Å²) in [6.45, 7) is 7.31. The van der Waals surface area contributed by atoms with E-state index in [9.17, 15) is 14.4 Å². The van der Waals surface area contributed by atoms with E-state index >= 15 is 0 Å². The molecule has 1 saturated carbocycles. The molecule has 0 radical (unpaired) electrons. The third kappa shape index (κ3) is 6.30. The Morgan fingerprint density at radius 1 is 1.19 bits per heavy atom. The second-order valence-corrected chi connectivity index (χ2v) is 8.99. The van der Waals surface area contributed by atoms with Crippen LogP contribution >= 0.6 is 0 Å². The SMILES string of the molecule is Cc1cncc(Nc2nc(NC3CCCCC3NC(=O)OC(C)(C)C)c(F)cc2C#N)c1. The fraction of sp³-hybridized carbons (Fsp3) is 0.478. The van der Waals surface area contributed by atoms with Gasteiger partial charge in [0.15, 0.2) is 17.5 Å². The topological polar surface area (TPSA) is 112 Å². The van der Waals surface area contributed by atoms with Gasteiger partial charge in [0, 0.05) is 12.2 Å². The van der Waals surface area contributed by atoms with Crippen molar-refractivity contribution < 1.29 is 13.9 Å². The number of halogens is 1. The summed E-state index contributed by atoms with van der Waals surface area (Å²) in [4.78, 5) is 20.7. The van der Waals surface area contributed by atoms with Crippen molar-refractivity contribution in [3.63, 3.8) is 0 Å². The van der Waals surface area contributed by atoms with Crippen LogP contribution in [0.1, 0.15) is 57.6 Å². The van der Waals surface area contributed by atoms with Crippen LogP contribution in [0.2, 0.25) is 0 Å². The lowest BCUT2D eigenvalue weighted by atomic mass is 9.90. The summed E-state index contributed by atoms with van der Waals surface area (Å²) in [5.41, 5.74) is 1.07. The number of nitrogens with one attached hydrogen (secondary N) is 3. The molecular formula is C23H29FN6O2. The van der Waals surface area contributed by atoms with Gasteiger partial charge in [-0.15, -0.1) is 0 Å². The highest BCUT2D eigenvalue weighted by Crippen LogP contribution is 2.27. The van der Waals surface area contributed by atoms with Gasteiger partial charge in [0.1, 0.15) is 11.7 Å². The third-order valence-electron chi connectivity index (χ3n) is 5.02. The normalized spacial score (nSPS) is 18.4. The van der Waals surface area contributed by atoms with Gasteiger partial charge >= 0.3 is 6.09 Å². The zero-order valence-electron chi connectivity index (χ0n) is 18.8. The van der Waals surface area contributed by atoms with Gasteiger partial charge in [0.05, 0.1) is 23.5 Å². The number of alkyl carbamates (subject to hydrolysis) is 1. The van der Waals surface area contributed by atoms with Gasteiger partial charge in [0.2, 0.25) is 0 Å². The third-order valence-corrected chi connectivity index (χ3v) is 5.02. The molecule has 9 heteroatoms. The molecule has 1 amide bonds. The van der Waals surface area contributed by atoms with Crippen molar-refractivity contribution in [3.05, 3.63) is 41.5 Å². The second-order valence-electron chi connectivity index (χ2n) is 8.99. The molecule has 3 N–H and O–H groups in total. The number of nitriles is 1. The standard InChI is InChI=1S/C23H29FN6O2/c1-14-9-16(13-26-12-14)27-20-15(11-25)10-17(24)21(30-20)28-18-7-5-6-8-19(18)29-22(31)32-23(2,3)4/h9-10,12-13,18-19H,5-8H2,1-4H3,(H,29,31)(H2,27,28,30). The molecule has 0 aromatic carbocycles. The van der Waals surface area contributed by atoms with Crippen LogP contribution in [0.5, 0.6) is 0 Å². The number of amides is 1. The minimum absolute atomic E-state index is 0.0231. The highest BCUT2D eigenvalue weighted by molar-refractivity contribution is 5.68. The molecule has 2 heterocycles. The summed E-state index contributed by atoms with van der Waals surface area (Å²) in [5, 5.41) is 18.5.